The number of piperidine rings is 1. The van der Waals surface area contributed by atoms with Crippen LogP contribution in [-0.2, 0) is 4.79 Å². The van der Waals surface area contributed by atoms with E-state index in [0.29, 0.717) is 25.9 Å². The molecular weight excluding hydrogens is 288 g/mol. The summed E-state index contributed by atoms with van der Waals surface area (Å²) in [7, 11) is 0. The molecule has 1 N–H and O–H groups in total. The molecule has 0 spiro atoms. The fourth-order valence-electron chi connectivity index (χ4n) is 3.69. The topological polar surface area (TPSA) is 40.5 Å². The second kappa shape index (κ2) is 7.42. The Morgan fingerprint density at radius 3 is 2.55 bits per heavy atom. The van der Waals surface area contributed by atoms with Crippen LogP contribution >= 0.6 is 0 Å². The Hall–Kier alpha value is -1.13. The molecule has 1 atom stereocenters. The predicted molar refractivity (Wildman–Crippen MR) is 81.8 cm³/mol. The number of halogens is 2. The summed E-state index contributed by atoms with van der Waals surface area (Å²) < 4.78 is 26.4. The van der Waals surface area contributed by atoms with Gasteiger partial charge in [0.05, 0.1) is 6.26 Å². The molecule has 5 heteroatoms. The van der Waals surface area contributed by atoms with Gasteiger partial charge in [-0.05, 0) is 37.7 Å². The van der Waals surface area contributed by atoms with Gasteiger partial charge in [0.15, 0.2) is 0 Å². The number of hydrogen-bond donors (Lipinski definition) is 1. The summed E-state index contributed by atoms with van der Waals surface area (Å²) in [4.78, 5) is 14.4. The Morgan fingerprint density at radius 1 is 1.27 bits per heavy atom. The van der Waals surface area contributed by atoms with Crippen molar-refractivity contribution >= 4 is 5.91 Å². The Morgan fingerprint density at radius 2 is 1.95 bits per heavy atom. The highest BCUT2D eigenvalue weighted by Crippen LogP contribution is 2.37. The molecule has 1 unspecified atom stereocenters. The van der Waals surface area contributed by atoms with Crippen LogP contribution in [0.2, 0.25) is 0 Å². The minimum absolute atomic E-state index is 0.0361. The SMILES string of the molecule is CCC/C(=C\O)C1CCCN(C(=O)C2CCC(F)(F)CC2)C1. The summed E-state index contributed by atoms with van der Waals surface area (Å²) in [6, 6.07) is 0. The van der Waals surface area contributed by atoms with Gasteiger partial charge in [0.1, 0.15) is 0 Å². The van der Waals surface area contributed by atoms with E-state index in [9.17, 15) is 18.7 Å². The first-order chi connectivity index (χ1) is 10.5. The van der Waals surface area contributed by atoms with Crippen molar-refractivity contribution in [1.82, 2.24) is 4.90 Å². The maximum atomic E-state index is 13.2. The highest BCUT2D eigenvalue weighted by molar-refractivity contribution is 5.79. The molecule has 1 heterocycles. The quantitative estimate of drug-likeness (QED) is 0.786. The van der Waals surface area contributed by atoms with Crippen molar-refractivity contribution in [3.63, 3.8) is 0 Å². The Labute approximate surface area is 131 Å². The van der Waals surface area contributed by atoms with Crippen LogP contribution in [0, 0.1) is 11.8 Å². The Balaban J connectivity index is 1.93. The first kappa shape index (κ1) is 17.2. The third-order valence-corrected chi connectivity index (χ3v) is 5.03. The zero-order chi connectivity index (χ0) is 16.2. The zero-order valence-corrected chi connectivity index (χ0v) is 13.4. The van der Waals surface area contributed by atoms with E-state index in [2.05, 4.69) is 6.92 Å². The number of likely N-dealkylation sites (tertiary alicyclic amines) is 1. The molecule has 2 aliphatic rings. The monoisotopic (exact) mass is 315 g/mol. The lowest BCUT2D eigenvalue weighted by Gasteiger charge is -2.37. The smallest absolute Gasteiger partial charge is 0.248 e. The number of carbonyl (C=O) groups is 1. The Kier molecular flexibility index (Phi) is 5.81. The molecule has 2 fully saturated rings. The predicted octanol–water partition coefficient (Wildman–Crippen LogP) is 4.29. The minimum Gasteiger partial charge on any atom is -0.516 e. The zero-order valence-electron chi connectivity index (χ0n) is 13.4. The van der Waals surface area contributed by atoms with Crippen molar-refractivity contribution in [2.75, 3.05) is 13.1 Å². The lowest BCUT2D eigenvalue weighted by Crippen LogP contribution is -2.45. The fraction of sp³-hybridized carbons (Fsp3) is 0.824. The van der Waals surface area contributed by atoms with E-state index in [1.807, 2.05) is 4.90 Å². The molecule has 0 bridgehead atoms. The number of aliphatic hydroxyl groups is 1. The van der Waals surface area contributed by atoms with Gasteiger partial charge in [0.2, 0.25) is 11.8 Å². The number of carbonyl (C=O) groups excluding carboxylic acids is 1. The van der Waals surface area contributed by atoms with E-state index in [0.717, 1.165) is 31.3 Å². The van der Waals surface area contributed by atoms with Crippen LogP contribution in [0.1, 0.15) is 58.3 Å². The van der Waals surface area contributed by atoms with Crippen LogP contribution in [0.25, 0.3) is 0 Å². The maximum Gasteiger partial charge on any atom is 0.248 e. The second-order valence-corrected chi connectivity index (χ2v) is 6.71. The van der Waals surface area contributed by atoms with Crippen LogP contribution in [0.4, 0.5) is 8.78 Å². The Bertz CT molecular complexity index is 413. The summed E-state index contributed by atoms with van der Waals surface area (Å²) >= 11 is 0. The van der Waals surface area contributed by atoms with E-state index in [1.54, 1.807) is 0 Å². The molecule has 126 valence electrons. The van der Waals surface area contributed by atoms with Gasteiger partial charge in [0.25, 0.3) is 0 Å². The van der Waals surface area contributed by atoms with E-state index < -0.39 is 5.92 Å². The van der Waals surface area contributed by atoms with Crippen LogP contribution in [0.15, 0.2) is 11.8 Å². The standard InChI is InChI=1S/C17H27F2NO2/c1-2-4-15(12-21)14-5-3-10-20(11-14)16(22)13-6-8-17(18,19)9-7-13/h12-14,21H,2-11H2,1H3/b15-12+. The molecule has 1 amide bonds. The van der Waals surface area contributed by atoms with E-state index in [1.165, 1.54) is 6.26 Å². The third-order valence-electron chi connectivity index (χ3n) is 5.03. The van der Waals surface area contributed by atoms with Crippen molar-refractivity contribution in [2.45, 2.75) is 64.2 Å². The number of amides is 1. The van der Waals surface area contributed by atoms with Crippen LogP contribution in [-0.4, -0.2) is 34.9 Å². The normalized spacial score (nSPS) is 27.0. The molecule has 0 aromatic rings. The number of hydrogen-bond acceptors (Lipinski definition) is 2. The van der Waals surface area contributed by atoms with Crippen molar-refractivity contribution in [3.8, 4) is 0 Å². The average molecular weight is 315 g/mol. The highest BCUT2D eigenvalue weighted by Gasteiger charge is 2.39. The highest BCUT2D eigenvalue weighted by atomic mass is 19.3. The van der Waals surface area contributed by atoms with Gasteiger partial charge in [0, 0.05) is 37.8 Å². The molecule has 1 saturated carbocycles. The molecule has 0 aromatic heterocycles. The molecule has 0 aromatic carbocycles. The lowest BCUT2D eigenvalue weighted by atomic mass is 9.84. The van der Waals surface area contributed by atoms with Gasteiger partial charge in [-0.3, -0.25) is 4.79 Å². The summed E-state index contributed by atoms with van der Waals surface area (Å²) in [5.41, 5.74) is 1.01. The van der Waals surface area contributed by atoms with Crippen molar-refractivity contribution < 1.29 is 18.7 Å². The van der Waals surface area contributed by atoms with E-state index >= 15 is 0 Å². The number of nitrogens with zero attached hydrogens (tertiary/aromatic N) is 1. The number of rotatable bonds is 4. The van der Waals surface area contributed by atoms with Crippen LogP contribution in [0.3, 0.4) is 0 Å². The summed E-state index contributed by atoms with van der Waals surface area (Å²) in [6.45, 7) is 3.41. The van der Waals surface area contributed by atoms with Crippen LogP contribution in [0.5, 0.6) is 0 Å². The molecule has 1 aliphatic carbocycles. The first-order valence-corrected chi connectivity index (χ1v) is 8.46. The minimum atomic E-state index is -2.59. The summed E-state index contributed by atoms with van der Waals surface area (Å²) in [6.07, 6.45) is 5.17. The van der Waals surface area contributed by atoms with Gasteiger partial charge in [-0.2, -0.15) is 0 Å². The van der Waals surface area contributed by atoms with Crippen molar-refractivity contribution in [2.24, 2.45) is 11.8 Å². The molecule has 22 heavy (non-hydrogen) atoms. The number of alkyl halides is 2. The van der Waals surface area contributed by atoms with E-state index in [-0.39, 0.29) is 30.6 Å². The van der Waals surface area contributed by atoms with Gasteiger partial charge < -0.3 is 10.0 Å². The lowest BCUT2D eigenvalue weighted by molar-refractivity contribution is -0.141. The van der Waals surface area contributed by atoms with Gasteiger partial charge in [-0.1, -0.05) is 13.3 Å². The summed E-state index contributed by atoms with van der Waals surface area (Å²) in [5.74, 6) is -2.58. The van der Waals surface area contributed by atoms with Crippen molar-refractivity contribution in [1.29, 1.82) is 0 Å². The maximum absolute atomic E-state index is 13.2. The molecule has 3 nitrogen and oxygen atoms in total. The van der Waals surface area contributed by atoms with Gasteiger partial charge in [-0.15, -0.1) is 0 Å². The molecule has 1 saturated heterocycles. The van der Waals surface area contributed by atoms with Gasteiger partial charge >= 0.3 is 0 Å². The van der Waals surface area contributed by atoms with Crippen LogP contribution < -0.4 is 0 Å². The van der Waals surface area contributed by atoms with E-state index in [4.69, 9.17) is 0 Å². The number of aliphatic hydroxyl groups excluding tert-OH is 1. The average Bonchev–Trinajstić information content (AvgIpc) is 2.52. The molecule has 0 radical (unpaired) electrons. The van der Waals surface area contributed by atoms with Crippen molar-refractivity contribution in [3.05, 3.63) is 11.8 Å². The first-order valence-electron chi connectivity index (χ1n) is 8.46. The molecule has 2 rings (SSSR count). The second-order valence-electron chi connectivity index (χ2n) is 6.71. The molecule has 1 aliphatic heterocycles. The largest absolute Gasteiger partial charge is 0.516 e. The molecular formula is C17H27F2NO2. The third kappa shape index (κ3) is 4.20. The fourth-order valence-corrected chi connectivity index (χ4v) is 3.69. The summed E-state index contributed by atoms with van der Waals surface area (Å²) in [5, 5.41) is 9.39. The van der Waals surface area contributed by atoms with Gasteiger partial charge in [-0.25, -0.2) is 8.78 Å².